The summed E-state index contributed by atoms with van der Waals surface area (Å²) in [5.74, 6) is 1.18. The Balaban J connectivity index is 1.84. The van der Waals surface area contributed by atoms with Crippen LogP contribution in [0.1, 0.15) is 17.9 Å². The fraction of sp³-hybridized carbons (Fsp3) is 0.727. The van der Waals surface area contributed by atoms with Gasteiger partial charge in [-0.3, -0.25) is 4.90 Å². The molecule has 16 heavy (non-hydrogen) atoms. The highest BCUT2D eigenvalue weighted by Crippen LogP contribution is 2.18. The molecule has 2 rings (SSSR count). The first-order valence-corrected chi connectivity index (χ1v) is 5.58. The van der Waals surface area contributed by atoms with Crippen molar-refractivity contribution in [3.8, 4) is 0 Å². The van der Waals surface area contributed by atoms with E-state index >= 15 is 0 Å². The fourth-order valence-corrected chi connectivity index (χ4v) is 2.08. The molecule has 1 atom stereocenters. The van der Waals surface area contributed by atoms with Gasteiger partial charge in [0.2, 0.25) is 0 Å². The van der Waals surface area contributed by atoms with Gasteiger partial charge < -0.3 is 14.4 Å². The third-order valence-corrected chi connectivity index (χ3v) is 2.91. The van der Waals surface area contributed by atoms with Gasteiger partial charge in [-0.15, -0.1) is 0 Å². The molecule has 1 aromatic rings. The molecule has 0 saturated carbocycles. The van der Waals surface area contributed by atoms with Crippen LogP contribution in [0.15, 0.2) is 10.6 Å². The van der Waals surface area contributed by atoms with Crippen molar-refractivity contribution < 1.29 is 14.4 Å². The lowest BCUT2D eigenvalue weighted by Crippen LogP contribution is -2.21. The average Bonchev–Trinajstić information content (AvgIpc) is 2.89. The van der Waals surface area contributed by atoms with E-state index in [1.54, 1.807) is 7.11 Å². The lowest BCUT2D eigenvalue weighted by molar-refractivity contribution is 0.155. The van der Waals surface area contributed by atoms with Crippen LogP contribution in [0.5, 0.6) is 0 Å². The first-order chi connectivity index (χ1) is 7.81. The molecule has 0 aliphatic carbocycles. The second-order valence-corrected chi connectivity index (χ2v) is 4.29. The molecule has 90 valence electrons. The number of likely N-dealkylation sites (tertiary alicyclic amines) is 1. The van der Waals surface area contributed by atoms with E-state index in [4.69, 9.17) is 14.4 Å². The van der Waals surface area contributed by atoms with Crippen molar-refractivity contribution in [2.45, 2.75) is 19.6 Å². The van der Waals surface area contributed by atoms with Gasteiger partial charge in [0, 0.05) is 32.9 Å². The predicted octanol–water partition coefficient (Wildman–Crippen LogP) is 0.635. The van der Waals surface area contributed by atoms with Gasteiger partial charge in [0.05, 0.1) is 5.69 Å². The van der Waals surface area contributed by atoms with Crippen LogP contribution in [-0.4, -0.2) is 42.0 Å². The van der Waals surface area contributed by atoms with Gasteiger partial charge in [-0.1, -0.05) is 5.16 Å². The Kier molecular flexibility index (Phi) is 3.93. The molecule has 1 fully saturated rings. The number of aliphatic hydroxyl groups is 1. The first kappa shape index (κ1) is 11.6. The summed E-state index contributed by atoms with van der Waals surface area (Å²) >= 11 is 0. The Bertz CT molecular complexity index is 327. The summed E-state index contributed by atoms with van der Waals surface area (Å²) in [6.45, 7) is 3.51. The minimum Gasteiger partial charge on any atom is -0.396 e. The summed E-state index contributed by atoms with van der Waals surface area (Å²) in [6, 6.07) is 1.93. The largest absolute Gasteiger partial charge is 0.396 e. The van der Waals surface area contributed by atoms with Crippen LogP contribution in [0, 0.1) is 5.92 Å². The minimum atomic E-state index is 0.282. The number of aliphatic hydroxyl groups excluding tert-OH is 1. The lowest BCUT2D eigenvalue weighted by atomic mass is 10.1. The van der Waals surface area contributed by atoms with Crippen molar-refractivity contribution in [1.82, 2.24) is 10.1 Å². The molecule has 0 spiro atoms. The van der Waals surface area contributed by atoms with Crippen LogP contribution in [0.4, 0.5) is 0 Å². The van der Waals surface area contributed by atoms with Gasteiger partial charge in [0.25, 0.3) is 0 Å². The summed E-state index contributed by atoms with van der Waals surface area (Å²) in [5.41, 5.74) is 0.936. The van der Waals surface area contributed by atoms with E-state index in [0.29, 0.717) is 12.5 Å². The molecule has 0 radical (unpaired) electrons. The van der Waals surface area contributed by atoms with E-state index in [2.05, 4.69) is 10.1 Å². The Morgan fingerprint density at radius 3 is 3.25 bits per heavy atom. The van der Waals surface area contributed by atoms with Crippen molar-refractivity contribution in [3.05, 3.63) is 17.5 Å². The van der Waals surface area contributed by atoms with Gasteiger partial charge in [-0.05, 0) is 18.9 Å². The van der Waals surface area contributed by atoms with E-state index in [1.165, 1.54) is 0 Å². The number of nitrogens with zero attached hydrogens (tertiary/aromatic N) is 2. The molecule has 2 heterocycles. The quantitative estimate of drug-likeness (QED) is 0.798. The normalized spacial score (nSPS) is 21.8. The second-order valence-electron chi connectivity index (χ2n) is 4.29. The van der Waals surface area contributed by atoms with Gasteiger partial charge in [0.1, 0.15) is 6.61 Å². The number of aromatic nitrogens is 1. The maximum absolute atomic E-state index is 9.05. The van der Waals surface area contributed by atoms with E-state index in [-0.39, 0.29) is 6.61 Å². The van der Waals surface area contributed by atoms with Crippen molar-refractivity contribution in [3.63, 3.8) is 0 Å². The molecule has 1 N–H and O–H groups in total. The van der Waals surface area contributed by atoms with Crippen molar-refractivity contribution in [2.75, 3.05) is 26.8 Å². The molecule has 1 saturated heterocycles. The van der Waals surface area contributed by atoms with Crippen molar-refractivity contribution in [2.24, 2.45) is 5.92 Å². The Hall–Kier alpha value is -0.910. The Morgan fingerprint density at radius 1 is 1.69 bits per heavy atom. The molecule has 5 heteroatoms. The number of hydrogen-bond donors (Lipinski definition) is 1. The highest BCUT2D eigenvalue weighted by atomic mass is 16.5. The molecule has 1 aliphatic heterocycles. The SMILES string of the molecule is COCc1cc(CN2CCC(CO)C2)no1. The maximum Gasteiger partial charge on any atom is 0.162 e. The van der Waals surface area contributed by atoms with Crippen LogP contribution >= 0.6 is 0 Å². The topological polar surface area (TPSA) is 58.7 Å². The number of hydrogen-bond acceptors (Lipinski definition) is 5. The Labute approximate surface area is 95.0 Å². The first-order valence-electron chi connectivity index (χ1n) is 5.58. The van der Waals surface area contributed by atoms with Crippen LogP contribution in [0.2, 0.25) is 0 Å². The number of methoxy groups -OCH3 is 1. The maximum atomic E-state index is 9.05. The second kappa shape index (κ2) is 5.43. The standard InChI is InChI=1S/C11H18N2O3/c1-15-8-11-4-10(12-16-11)6-13-3-2-9(5-13)7-14/h4,9,14H,2-3,5-8H2,1H3. The van der Waals surface area contributed by atoms with Crippen LogP contribution in [-0.2, 0) is 17.9 Å². The minimum absolute atomic E-state index is 0.282. The highest BCUT2D eigenvalue weighted by Gasteiger charge is 2.22. The molecule has 1 aliphatic rings. The van der Waals surface area contributed by atoms with E-state index in [9.17, 15) is 0 Å². The molecule has 0 bridgehead atoms. The highest BCUT2D eigenvalue weighted by molar-refractivity contribution is 5.04. The predicted molar refractivity (Wildman–Crippen MR) is 57.7 cm³/mol. The van der Waals surface area contributed by atoms with E-state index in [1.807, 2.05) is 6.07 Å². The third-order valence-electron chi connectivity index (χ3n) is 2.91. The number of rotatable bonds is 5. The molecule has 5 nitrogen and oxygen atoms in total. The summed E-state index contributed by atoms with van der Waals surface area (Å²) in [6.07, 6.45) is 1.07. The summed E-state index contributed by atoms with van der Waals surface area (Å²) in [5, 5.41) is 13.0. The molecule has 1 unspecified atom stereocenters. The molecule has 0 amide bonds. The molecular formula is C11H18N2O3. The molecule has 0 aromatic carbocycles. The summed E-state index contributed by atoms with van der Waals surface area (Å²) in [4.78, 5) is 2.29. The zero-order chi connectivity index (χ0) is 11.4. The monoisotopic (exact) mass is 226 g/mol. The van der Waals surface area contributed by atoms with Gasteiger partial charge in [0.15, 0.2) is 5.76 Å². The smallest absolute Gasteiger partial charge is 0.162 e. The van der Waals surface area contributed by atoms with Gasteiger partial charge >= 0.3 is 0 Å². The summed E-state index contributed by atoms with van der Waals surface area (Å²) < 4.78 is 10.1. The van der Waals surface area contributed by atoms with Crippen LogP contribution in [0.3, 0.4) is 0 Å². The van der Waals surface area contributed by atoms with Gasteiger partial charge in [-0.2, -0.15) is 0 Å². The Morgan fingerprint density at radius 2 is 2.56 bits per heavy atom. The molecular weight excluding hydrogens is 208 g/mol. The summed E-state index contributed by atoms with van der Waals surface area (Å²) in [7, 11) is 1.63. The van der Waals surface area contributed by atoms with Crippen molar-refractivity contribution >= 4 is 0 Å². The van der Waals surface area contributed by atoms with Crippen molar-refractivity contribution in [1.29, 1.82) is 0 Å². The zero-order valence-corrected chi connectivity index (χ0v) is 9.56. The van der Waals surface area contributed by atoms with E-state index in [0.717, 1.165) is 37.5 Å². The van der Waals surface area contributed by atoms with E-state index < -0.39 is 0 Å². The zero-order valence-electron chi connectivity index (χ0n) is 9.56. The fourth-order valence-electron chi connectivity index (χ4n) is 2.08. The average molecular weight is 226 g/mol. The lowest BCUT2D eigenvalue weighted by Gasteiger charge is -2.12. The number of ether oxygens (including phenoxy) is 1. The van der Waals surface area contributed by atoms with Crippen LogP contribution in [0.25, 0.3) is 0 Å². The van der Waals surface area contributed by atoms with Gasteiger partial charge in [-0.25, -0.2) is 0 Å². The van der Waals surface area contributed by atoms with Crippen LogP contribution < -0.4 is 0 Å². The third kappa shape index (κ3) is 2.81. The molecule has 1 aromatic heterocycles.